The molecule has 1 heterocycles. The first-order chi connectivity index (χ1) is 9.81. The maximum Gasteiger partial charge on any atom is 0.414 e. The molecule has 21 heavy (non-hydrogen) atoms. The van der Waals surface area contributed by atoms with Gasteiger partial charge in [-0.25, -0.2) is 4.98 Å². The lowest BCUT2D eigenvalue weighted by Gasteiger charge is -2.17. The second-order valence-electron chi connectivity index (χ2n) is 4.59. The number of methoxy groups -OCH3 is 1. The number of hydrogen-bond acceptors (Lipinski definition) is 4. The normalized spacial score (nSPS) is 13.4. The van der Waals surface area contributed by atoms with Crippen LogP contribution in [-0.2, 0) is 11.3 Å². The smallest absolute Gasteiger partial charge is 0.414 e. The lowest BCUT2D eigenvalue weighted by molar-refractivity contribution is -0.217. The van der Waals surface area contributed by atoms with Crippen LogP contribution in [0.2, 0.25) is 0 Å². The Kier molecular flexibility index (Phi) is 4.22. The molecule has 2 rings (SSSR count). The Morgan fingerprint density at radius 2 is 2.00 bits per heavy atom. The molecule has 0 aliphatic rings. The van der Waals surface area contributed by atoms with Gasteiger partial charge in [-0.2, -0.15) is 13.2 Å². The van der Waals surface area contributed by atoms with Gasteiger partial charge in [-0.15, -0.1) is 0 Å². The van der Waals surface area contributed by atoms with Crippen LogP contribution < -0.4 is 10.5 Å². The zero-order valence-electron chi connectivity index (χ0n) is 11.6. The number of anilines is 1. The highest BCUT2D eigenvalue weighted by Gasteiger charge is 2.36. The first kappa shape index (κ1) is 15.4. The summed E-state index contributed by atoms with van der Waals surface area (Å²) in [5, 5.41) is 0.753. The highest BCUT2D eigenvalue weighted by molar-refractivity contribution is 5.82. The minimum absolute atomic E-state index is 0.144. The van der Waals surface area contributed by atoms with Crippen LogP contribution in [0.1, 0.15) is 12.5 Å². The van der Waals surface area contributed by atoms with Gasteiger partial charge < -0.3 is 15.2 Å². The number of aromatic nitrogens is 1. The number of ether oxygens (including phenoxy) is 2. The minimum atomic E-state index is -4.40. The molecule has 7 heteroatoms. The van der Waals surface area contributed by atoms with Crippen LogP contribution in [-0.4, -0.2) is 24.4 Å². The van der Waals surface area contributed by atoms with E-state index in [-0.39, 0.29) is 12.4 Å². The van der Waals surface area contributed by atoms with Gasteiger partial charge in [0.15, 0.2) is 6.10 Å². The summed E-state index contributed by atoms with van der Waals surface area (Å²) in [6.07, 6.45) is -6.25. The molecule has 2 N–H and O–H groups in total. The van der Waals surface area contributed by atoms with E-state index in [0.29, 0.717) is 16.8 Å². The van der Waals surface area contributed by atoms with E-state index in [9.17, 15) is 13.2 Å². The van der Waals surface area contributed by atoms with E-state index in [2.05, 4.69) is 4.98 Å². The highest BCUT2D eigenvalue weighted by Crippen LogP contribution is 2.26. The molecule has 0 fully saturated rings. The van der Waals surface area contributed by atoms with E-state index < -0.39 is 12.3 Å². The summed E-state index contributed by atoms with van der Waals surface area (Å²) in [6.45, 7) is 0.705. The fourth-order valence-corrected chi connectivity index (χ4v) is 1.76. The molecule has 1 aromatic heterocycles. The number of pyridine rings is 1. The number of nitrogen functional groups attached to an aromatic ring is 1. The van der Waals surface area contributed by atoms with E-state index in [1.807, 2.05) is 0 Å². The largest absolute Gasteiger partial charge is 0.497 e. The fraction of sp³-hybridized carbons (Fsp3) is 0.357. The third kappa shape index (κ3) is 3.55. The summed E-state index contributed by atoms with van der Waals surface area (Å²) in [5.41, 5.74) is 6.79. The number of alkyl halides is 3. The van der Waals surface area contributed by atoms with E-state index in [1.54, 1.807) is 24.3 Å². The zero-order chi connectivity index (χ0) is 15.6. The third-order valence-electron chi connectivity index (χ3n) is 3.09. The van der Waals surface area contributed by atoms with Gasteiger partial charge in [-0.05, 0) is 25.1 Å². The molecular formula is C14H15F3N2O2. The standard InChI is InChI=1S/C14H15F3N2O2/c1-8(14(15,16)17)21-7-10-5-9-3-4-11(20-2)6-12(9)19-13(10)18/h3-6,8H,7H2,1-2H3,(H2,18,19). The van der Waals surface area contributed by atoms with Gasteiger partial charge in [-0.1, -0.05) is 0 Å². The van der Waals surface area contributed by atoms with E-state index in [0.717, 1.165) is 12.3 Å². The van der Waals surface area contributed by atoms with Crippen molar-refractivity contribution in [2.75, 3.05) is 12.8 Å². The molecule has 0 radical (unpaired) electrons. The van der Waals surface area contributed by atoms with Gasteiger partial charge >= 0.3 is 6.18 Å². The van der Waals surface area contributed by atoms with Crippen molar-refractivity contribution in [3.8, 4) is 5.75 Å². The van der Waals surface area contributed by atoms with Crippen molar-refractivity contribution in [3.05, 3.63) is 29.8 Å². The number of halogens is 3. The lowest BCUT2D eigenvalue weighted by Crippen LogP contribution is -2.28. The minimum Gasteiger partial charge on any atom is -0.497 e. The molecule has 0 spiro atoms. The second kappa shape index (κ2) is 5.77. The van der Waals surface area contributed by atoms with Crippen LogP contribution in [0, 0.1) is 0 Å². The first-order valence-electron chi connectivity index (χ1n) is 6.22. The summed E-state index contributed by atoms with van der Waals surface area (Å²) in [4.78, 5) is 4.16. The molecule has 0 amide bonds. The predicted octanol–water partition coefficient (Wildman–Crippen LogP) is 3.29. The molecule has 1 atom stereocenters. The topological polar surface area (TPSA) is 57.4 Å². The van der Waals surface area contributed by atoms with Crippen molar-refractivity contribution in [2.24, 2.45) is 0 Å². The number of rotatable bonds is 4. The third-order valence-corrected chi connectivity index (χ3v) is 3.09. The summed E-state index contributed by atoms with van der Waals surface area (Å²) in [7, 11) is 1.53. The van der Waals surface area contributed by atoms with Crippen molar-refractivity contribution in [3.63, 3.8) is 0 Å². The predicted molar refractivity (Wildman–Crippen MR) is 73.0 cm³/mol. The number of nitrogens with two attached hydrogens (primary N) is 1. The van der Waals surface area contributed by atoms with Crippen LogP contribution in [0.15, 0.2) is 24.3 Å². The molecule has 0 bridgehead atoms. The molecule has 1 unspecified atom stereocenters. The lowest BCUT2D eigenvalue weighted by atomic mass is 10.1. The SMILES string of the molecule is COc1ccc2cc(COC(C)C(F)(F)F)c(N)nc2c1. The van der Waals surface area contributed by atoms with Gasteiger partial charge in [0.1, 0.15) is 11.6 Å². The summed E-state index contributed by atoms with van der Waals surface area (Å²) < 4.78 is 47.1. The van der Waals surface area contributed by atoms with Crippen LogP contribution in [0.5, 0.6) is 5.75 Å². The van der Waals surface area contributed by atoms with Gasteiger partial charge in [0.05, 0.1) is 19.2 Å². The van der Waals surface area contributed by atoms with Crippen LogP contribution in [0.3, 0.4) is 0 Å². The zero-order valence-corrected chi connectivity index (χ0v) is 11.6. The van der Waals surface area contributed by atoms with E-state index >= 15 is 0 Å². The molecule has 1 aromatic carbocycles. The van der Waals surface area contributed by atoms with Crippen molar-refractivity contribution in [1.29, 1.82) is 0 Å². The molecular weight excluding hydrogens is 285 g/mol. The number of hydrogen-bond donors (Lipinski definition) is 1. The van der Waals surface area contributed by atoms with Crippen LogP contribution in [0.25, 0.3) is 10.9 Å². The van der Waals surface area contributed by atoms with E-state index in [4.69, 9.17) is 15.2 Å². The molecule has 4 nitrogen and oxygen atoms in total. The van der Waals surface area contributed by atoms with Gasteiger partial charge in [0.2, 0.25) is 0 Å². The Hall–Kier alpha value is -2.02. The highest BCUT2D eigenvalue weighted by atomic mass is 19.4. The van der Waals surface area contributed by atoms with Crippen molar-refractivity contribution in [1.82, 2.24) is 4.98 Å². The molecule has 0 aliphatic heterocycles. The summed E-state index contributed by atoms with van der Waals surface area (Å²) in [5.74, 6) is 0.772. The Balaban J connectivity index is 2.23. The van der Waals surface area contributed by atoms with Crippen LogP contribution >= 0.6 is 0 Å². The Bertz CT molecular complexity index is 644. The summed E-state index contributed by atoms with van der Waals surface area (Å²) >= 11 is 0. The average molecular weight is 300 g/mol. The Labute approximate surface area is 119 Å². The summed E-state index contributed by atoms with van der Waals surface area (Å²) in [6, 6.07) is 6.87. The average Bonchev–Trinajstić information content (AvgIpc) is 2.43. The van der Waals surface area contributed by atoms with E-state index in [1.165, 1.54) is 7.11 Å². The Morgan fingerprint density at radius 1 is 1.29 bits per heavy atom. The van der Waals surface area contributed by atoms with Gasteiger partial charge in [0, 0.05) is 17.0 Å². The second-order valence-corrected chi connectivity index (χ2v) is 4.59. The molecule has 0 saturated heterocycles. The van der Waals surface area contributed by atoms with Crippen LogP contribution in [0.4, 0.5) is 19.0 Å². The number of benzene rings is 1. The molecule has 2 aromatic rings. The van der Waals surface area contributed by atoms with Gasteiger partial charge in [0.25, 0.3) is 0 Å². The maximum absolute atomic E-state index is 12.4. The number of nitrogens with zero attached hydrogens (tertiary/aromatic N) is 1. The van der Waals surface area contributed by atoms with Crippen molar-refractivity contribution < 1.29 is 22.6 Å². The quantitative estimate of drug-likeness (QED) is 0.941. The number of fused-ring (bicyclic) bond motifs is 1. The molecule has 114 valence electrons. The first-order valence-corrected chi connectivity index (χ1v) is 6.22. The molecule has 0 aliphatic carbocycles. The monoisotopic (exact) mass is 300 g/mol. The Morgan fingerprint density at radius 3 is 2.62 bits per heavy atom. The maximum atomic E-state index is 12.4. The molecule has 0 saturated carbocycles. The van der Waals surface area contributed by atoms with Crippen molar-refractivity contribution >= 4 is 16.7 Å². The fourth-order valence-electron chi connectivity index (χ4n) is 1.76. The van der Waals surface area contributed by atoms with Crippen molar-refractivity contribution in [2.45, 2.75) is 25.8 Å². The van der Waals surface area contributed by atoms with Gasteiger partial charge in [-0.3, -0.25) is 0 Å².